The molecule has 7 rings (SSSR count). The smallest absolute Gasteiger partial charge is 0.326 e. The first-order chi connectivity index (χ1) is 29.7. The summed E-state index contributed by atoms with van der Waals surface area (Å²) >= 11 is 0. The van der Waals surface area contributed by atoms with Crippen molar-refractivity contribution < 1.29 is 38.6 Å². The van der Waals surface area contributed by atoms with E-state index in [4.69, 9.17) is 9.47 Å². The van der Waals surface area contributed by atoms with E-state index in [1.807, 2.05) is 106 Å². The second-order valence-corrected chi connectivity index (χ2v) is 16.2. The number of carboxylic acids is 1. The monoisotopic (exact) mass is 836 g/mol. The van der Waals surface area contributed by atoms with Gasteiger partial charge < -0.3 is 35.8 Å². The molecule has 0 saturated heterocycles. The first-order valence-corrected chi connectivity index (χ1v) is 20.5. The van der Waals surface area contributed by atoms with Gasteiger partial charge in [-0.25, -0.2) is 4.79 Å². The lowest BCUT2D eigenvalue weighted by Gasteiger charge is -2.27. The summed E-state index contributed by atoms with van der Waals surface area (Å²) in [5, 5.41) is 21.3. The SMILES string of the molecule is C=C(c1ccc(OC(C)(C)C)cc1)C1NC(=O)COc2ccc(cc2)CC(C(=O)O)NC(=O)C(CCc2ccccc2)NC(=O)C(Cc2ccc(-c3ccccc3)cc2)NC1=O. The van der Waals surface area contributed by atoms with Gasteiger partial charge in [0.2, 0.25) is 17.7 Å². The van der Waals surface area contributed by atoms with Gasteiger partial charge in [-0.3, -0.25) is 19.2 Å². The Hall–Kier alpha value is -7.21. The maximum absolute atomic E-state index is 14.5. The Morgan fingerprint density at radius 1 is 0.694 bits per heavy atom. The minimum atomic E-state index is -1.37. The molecule has 5 N–H and O–H groups in total. The number of amides is 4. The number of benzene rings is 5. The van der Waals surface area contributed by atoms with Crippen molar-refractivity contribution in [3.8, 4) is 22.6 Å². The van der Waals surface area contributed by atoms with Gasteiger partial charge in [0.1, 0.15) is 41.3 Å². The van der Waals surface area contributed by atoms with Gasteiger partial charge in [0, 0.05) is 12.8 Å². The van der Waals surface area contributed by atoms with E-state index in [1.54, 1.807) is 48.5 Å². The van der Waals surface area contributed by atoms with Crippen LogP contribution in [0.5, 0.6) is 11.5 Å². The van der Waals surface area contributed by atoms with Gasteiger partial charge in [-0.2, -0.15) is 0 Å². The second-order valence-electron chi connectivity index (χ2n) is 16.2. The van der Waals surface area contributed by atoms with Crippen LogP contribution in [0.2, 0.25) is 0 Å². The van der Waals surface area contributed by atoms with Crippen molar-refractivity contribution in [2.45, 2.75) is 76.2 Å². The molecule has 0 radical (unpaired) electrons. The normalized spacial score (nSPS) is 19.0. The molecule has 4 amide bonds. The lowest BCUT2D eigenvalue weighted by Crippen LogP contribution is -2.58. The number of carbonyl (C=O) groups excluding carboxylic acids is 4. The van der Waals surface area contributed by atoms with E-state index >= 15 is 0 Å². The van der Waals surface area contributed by atoms with Gasteiger partial charge in [0.05, 0.1) is 0 Å². The summed E-state index contributed by atoms with van der Waals surface area (Å²) in [5.41, 5.74) is 4.45. The number of carbonyl (C=O) groups is 5. The van der Waals surface area contributed by atoms with Crippen LogP contribution in [0.15, 0.2) is 140 Å². The number of carboxylic acid groups (broad SMARTS) is 1. The standard InChI is InChI=1S/C50H52N4O8/c1-32(36-22-26-40(27-23-36)62-50(2,3)4)45-48(58)52-42(29-34-15-20-38(21-16-34)37-13-9-6-10-14-37)47(57)51-41(28-19-33-11-7-5-8-12-33)46(56)53-43(49(59)60)30-35-17-24-39(25-18-35)61-31-44(55)54-45/h5-18,20-27,41-43,45H,1,19,28-31H2,2-4H3,(H,51,57)(H,52,58)(H,53,56)(H,54,55)(H,59,60). The third-order valence-corrected chi connectivity index (χ3v) is 10.2. The molecule has 4 unspecified atom stereocenters. The van der Waals surface area contributed by atoms with Crippen molar-refractivity contribution in [3.63, 3.8) is 0 Å². The number of fused-ring (bicyclic) bond motifs is 16. The summed E-state index contributed by atoms with van der Waals surface area (Å²) in [5.74, 6) is -3.12. The minimum absolute atomic E-state index is 0.000486. The summed E-state index contributed by atoms with van der Waals surface area (Å²) in [7, 11) is 0. The Morgan fingerprint density at radius 2 is 1.29 bits per heavy atom. The predicted octanol–water partition coefficient (Wildman–Crippen LogP) is 6.08. The number of rotatable bonds is 10. The molecule has 12 heteroatoms. The van der Waals surface area contributed by atoms with E-state index in [9.17, 15) is 29.1 Å². The molecule has 2 heterocycles. The Kier molecular flexibility index (Phi) is 14.6. The van der Waals surface area contributed by atoms with Crippen molar-refractivity contribution in [1.29, 1.82) is 0 Å². The van der Waals surface area contributed by atoms with E-state index in [0.717, 1.165) is 16.7 Å². The van der Waals surface area contributed by atoms with Crippen LogP contribution in [0, 0.1) is 0 Å². The third kappa shape index (κ3) is 12.7. The zero-order valence-electron chi connectivity index (χ0n) is 35.1. The van der Waals surface area contributed by atoms with Gasteiger partial charge in [0.15, 0.2) is 6.61 Å². The molecule has 0 aliphatic carbocycles. The van der Waals surface area contributed by atoms with Crippen LogP contribution in [0.1, 0.15) is 49.4 Å². The molecule has 0 aromatic heterocycles. The van der Waals surface area contributed by atoms with E-state index in [1.165, 1.54) is 0 Å². The molecule has 2 aliphatic rings. The molecule has 5 aromatic carbocycles. The number of nitrogens with one attached hydrogen (secondary N) is 4. The predicted molar refractivity (Wildman–Crippen MR) is 237 cm³/mol. The molecule has 2 aliphatic heterocycles. The summed E-state index contributed by atoms with van der Waals surface area (Å²) in [6.07, 6.45) is 0.438. The number of hydrogen-bond donors (Lipinski definition) is 5. The quantitative estimate of drug-likeness (QED) is 0.105. The lowest BCUT2D eigenvalue weighted by molar-refractivity contribution is -0.142. The Morgan fingerprint density at radius 3 is 1.92 bits per heavy atom. The molecule has 0 fully saturated rings. The molecule has 5 aromatic rings. The average Bonchev–Trinajstić information content (AvgIpc) is 3.26. The zero-order chi connectivity index (χ0) is 44.2. The largest absolute Gasteiger partial charge is 0.488 e. The number of ether oxygens (including phenoxy) is 2. The van der Waals surface area contributed by atoms with E-state index in [-0.39, 0.29) is 24.8 Å². The van der Waals surface area contributed by atoms with Crippen LogP contribution in [-0.4, -0.2) is 71.1 Å². The van der Waals surface area contributed by atoms with E-state index in [2.05, 4.69) is 27.8 Å². The summed E-state index contributed by atoms with van der Waals surface area (Å²) in [4.78, 5) is 69.2. The molecule has 320 valence electrons. The first kappa shape index (κ1) is 44.3. The fourth-order valence-electron chi connectivity index (χ4n) is 7.01. The third-order valence-electron chi connectivity index (χ3n) is 10.2. The fourth-order valence-corrected chi connectivity index (χ4v) is 7.01. The summed E-state index contributed by atoms with van der Waals surface area (Å²) in [6.45, 7) is 9.52. The fraction of sp³-hybridized carbons (Fsp3) is 0.260. The topological polar surface area (TPSA) is 172 Å². The van der Waals surface area contributed by atoms with Crippen LogP contribution in [-0.2, 0) is 43.2 Å². The molecule has 12 nitrogen and oxygen atoms in total. The first-order valence-electron chi connectivity index (χ1n) is 20.5. The van der Waals surface area contributed by atoms with E-state index in [0.29, 0.717) is 34.6 Å². The van der Waals surface area contributed by atoms with Gasteiger partial charge in [-0.05, 0) is 96.8 Å². The van der Waals surface area contributed by atoms with Gasteiger partial charge in [-0.15, -0.1) is 0 Å². The van der Waals surface area contributed by atoms with Crippen molar-refractivity contribution in [2.75, 3.05) is 6.61 Å². The van der Waals surface area contributed by atoms with Crippen molar-refractivity contribution in [3.05, 3.63) is 162 Å². The highest BCUT2D eigenvalue weighted by Gasteiger charge is 2.33. The maximum Gasteiger partial charge on any atom is 0.326 e. The number of aryl methyl sites for hydroxylation is 1. The molecule has 4 atom stereocenters. The highest BCUT2D eigenvalue weighted by atomic mass is 16.5. The Balaban J connectivity index is 1.36. The van der Waals surface area contributed by atoms with Crippen LogP contribution in [0.3, 0.4) is 0 Å². The molecule has 62 heavy (non-hydrogen) atoms. The Labute approximate surface area is 361 Å². The lowest BCUT2D eigenvalue weighted by atomic mass is 9.97. The summed E-state index contributed by atoms with van der Waals surface area (Å²) in [6, 6.07) is 34.9. The van der Waals surface area contributed by atoms with Crippen molar-refractivity contribution >= 4 is 35.2 Å². The molecule has 0 spiro atoms. The van der Waals surface area contributed by atoms with Gasteiger partial charge in [-0.1, -0.05) is 116 Å². The van der Waals surface area contributed by atoms with Crippen LogP contribution in [0.25, 0.3) is 16.7 Å². The highest BCUT2D eigenvalue weighted by molar-refractivity contribution is 6.01. The highest BCUT2D eigenvalue weighted by Crippen LogP contribution is 2.25. The van der Waals surface area contributed by atoms with Gasteiger partial charge in [0.25, 0.3) is 5.91 Å². The minimum Gasteiger partial charge on any atom is -0.488 e. The second kappa shape index (κ2) is 20.4. The van der Waals surface area contributed by atoms with Crippen molar-refractivity contribution in [2.24, 2.45) is 0 Å². The molecular weight excluding hydrogens is 785 g/mol. The molecule has 2 bridgehead atoms. The Bertz CT molecular complexity index is 2340. The van der Waals surface area contributed by atoms with Crippen molar-refractivity contribution in [1.82, 2.24) is 21.3 Å². The maximum atomic E-state index is 14.5. The summed E-state index contributed by atoms with van der Waals surface area (Å²) < 4.78 is 11.7. The number of aliphatic carboxylic acids is 1. The number of hydrogen-bond acceptors (Lipinski definition) is 7. The van der Waals surface area contributed by atoms with Crippen LogP contribution < -0.4 is 30.7 Å². The van der Waals surface area contributed by atoms with Gasteiger partial charge >= 0.3 is 5.97 Å². The zero-order valence-corrected chi connectivity index (χ0v) is 35.1. The molecular formula is C50H52N4O8. The molecule has 0 saturated carbocycles. The van der Waals surface area contributed by atoms with E-state index < -0.39 is 66.0 Å². The van der Waals surface area contributed by atoms with Crippen LogP contribution >= 0.6 is 0 Å². The average molecular weight is 837 g/mol. The van der Waals surface area contributed by atoms with Crippen LogP contribution in [0.4, 0.5) is 0 Å².